The molecule has 25 heteroatoms. The van der Waals surface area contributed by atoms with E-state index in [2.05, 4.69) is 45.7 Å². The van der Waals surface area contributed by atoms with E-state index in [4.69, 9.17) is 52.8 Å². The predicted molar refractivity (Wildman–Crippen MR) is 265 cm³/mol. The predicted octanol–water partition coefficient (Wildman–Crippen LogP) is 1.44. The van der Waals surface area contributed by atoms with Gasteiger partial charge in [-0.25, -0.2) is 9.36 Å². The second kappa shape index (κ2) is 29.8. The topological polar surface area (TPSA) is 302 Å². The third-order valence-electron chi connectivity index (χ3n) is 12.4. The van der Waals surface area contributed by atoms with E-state index in [1.54, 1.807) is 22.0 Å². The van der Waals surface area contributed by atoms with Gasteiger partial charge >= 0.3 is 5.97 Å². The van der Waals surface area contributed by atoms with Gasteiger partial charge in [0.2, 0.25) is 29.7 Å². The highest BCUT2D eigenvalue weighted by atomic mass is 35.5. The monoisotopic (exact) mass is 1000 g/mol. The highest BCUT2D eigenvalue weighted by Gasteiger charge is 2.34. The number of nitrogens with two attached hydrogens (primary N) is 3. The fraction of sp³-hybridized carbons (Fsp3) is 0.733. The van der Waals surface area contributed by atoms with Crippen molar-refractivity contribution in [1.29, 1.82) is 0 Å². The molecule has 2 aliphatic rings. The molecule has 0 saturated carbocycles. The third kappa shape index (κ3) is 17.2. The zero-order valence-corrected chi connectivity index (χ0v) is 42.1. The van der Waals surface area contributed by atoms with E-state index in [0.717, 1.165) is 25.7 Å². The number of hydrogen-bond donors (Lipinski definition) is 5. The highest BCUT2D eigenvalue weighted by Crippen LogP contribution is 2.26. The van der Waals surface area contributed by atoms with Gasteiger partial charge in [-0.3, -0.25) is 14.4 Å². The van der Waals surface area contributed by atoms with E-state index in [1.165, 1.54) is 4.68 Å². The number of halogens is 1. The summed E-state index contributed by atoms with van der Waals surface area (Å²) in [7, 11) is 0. The van der Waals surface area contributed by atoms with Gasteiger partial charge in [0.1, 0.15) is 18.7 Å². The molecule has 2 fully saturated rings. The van der Waals surface area contributed by atoms with Crippen molar-refractivity contribution < 1.29 is 33.7 Å². The average molecular weight is 1000 g/mol. The van der Waals surface area contributed by atoms with Gasteiger partial charge in [0, 0.05) is 65.3 Å². The standard InChI is InChI=1S/C45H75N17O7.ClH/c1-6-23-67-25-27-69-28-26-68-24-14-49-43-50-44(59-19-15-57(16-20-59)41(65)37(10-8-9-13-46)61-30-35(53-55-61)34(47)29-32(3)4)52-45(51-43)60-21-17-58(18-22-60)42(66)38(11-12-39(63)64)62-31-36(54-56-62)40(48)33(5)7-2;/h1,30-34,37-38,40H,7-29,46-48H2,2-5H3,(H,63,64)(H,49,50,51,52);1H/t33-,34?,37+,38+,40?;/m1./s1. The largest absolute Gasteiger partial charge is 0.481 e. The lowest BCUT2D eigenvalue weighted by atomic mass is 9.98. The van der Waals surface area contributed by atoms with Crippen molar-refractivity contribution in [3.63, 3.8) is 0 Å². The number of terminal acetylenes is 1. The number of carbonyl (C=O) groups is 3. The first kappa shape index (κ1) is 57.3. The van der Waals surface area contributed by atoms with Crippen LogP contribution in [0.15, 0.2) is 12.4 Å². The fourth-order valence-electron chi connectivity index (χ4n) is 8.06. The lowest BCUT2D eigenvalue weighted by Crippen LogP contribution is -2.52. The summed E-state index contributed by atoms with van der Waals surface area (Å²) in [6.45, 7) is 14.7. The zero-order valence-electron chi connectivity index (χ0n) is 41.3. The SMILES string of the molecule is C#CCOCCOCCOCCNc1nc(N2CCN(C(=O)[C@H](CCCCN)n3cc(C(N)CC(C)C)nn3)CC2)nc(N2CCN(C(=O)[C@H](CCC(=O)O)n3cc(C(N)[C@H](C)CC)nn3)CC2)n1.Cl. The van der Waals surface area contributed by atoms with Gasteiger partial charge in [-0.1, -0.05) is 50.5 Å². The van der Waals surface area contributed by atoms with Crippen LogP contribution in [0.5, 0.6) is 0 Å². The Bertz CT molecular complexity index is 2070. The maximum atomic E-state index is 14.2. The molecular formula is C45H76ClN17O7. The van der Waals surface area contributed by atoms with Gasteiger partial charge in [0.05, 0.1) is 68.9 Å². The number of unbranched alkanes of at least 4 members (excludes halogenated alkanes) is 1. The second-order valence-corrected chi connectivity index (χ2v) is 17.9. The number of anilines is 3. The van der Waals surface area contributed by atoms with E-state index in [0.29, 0.717) is 140 Å². The molecule has 5 atom stereocenters. The van der Waals surface area contributed by atoms with E-state index >= 15 is 0 Å². The summed E-state index contributed by atoms with van der Waals surface area (Å²) < 4.78 is 19.6. The third-order valence-corrected chi connectivity index (χ3v) is 12.4. The van der Waals surface area contributed by atoms with E-state index in [-0.39, 0.29) is 61.7 Å². The van der Waals surface area contributed by atoms with Crippen molar-refractivity contribution in [2.45, 2.75) is 96.8 Å². The van der Waals surface area contributed by atoms with Crippen molar-refractivity contribution in [2.75, 3.05) is 120 Å². The van der Waals surface area contributed by atoms with Crippen LogP contribution < -0.4 is 32.3 Å². The maximum Gasteiger partial charge on any atom is 0.303 e. The number of amides is 2. The molecule has 3 aromatic heterocycles. The maximum absolute atomic E-state index is 14.2. The van der Waals surface area contributed by atoms with Gasteiger partial charge in [-0.05, 0) is 50.5 Å². The number of rotatable bonds is 30. The number of nitrogens with one attached hydrogen (secondary N) is 1. The molecule has 0 bridgehead atoms. The van der Waals surface area contributed by atoms with Crippen molar-refractivity contribution in [3.05, 3.63) is 23.8 Å². The molecule has 5 rings (SSSR count). The van der Waals surface area contributed by atoms with Gasteiger partial charge < -0.3 is 61.4 Å². The lowest BCUT2D eigenvalue weighted by Gasteiger charge is -2.38. The van der Waals surface area contributed by atoms with Crippen molar-refractivity contribution >= 4 is 48.0 Å². The summed E-state index contributed by atoms with van der Waals surface area (Å²) in [4.78, 5) is 62.1. The Hall–Kier alpha value is -5.29. The number of ether oxygens (including phenoxy) is 3. The Labute approximate surface area is 417 Å². The number of piperazine rings is 2. The normalized spacial score (nSPS) is 16.3. The van der Waals surface area contributed by atoms with E-state index in [1.807, 2.05) is 28.5 Å². The molecule has 8 N–H and O–H groups in total. The number of hydrogen-bond acceptors (Lipinski definition) is 19. The fourth-order valence-corrected chi connectivity index (χ4v) is 8.06. The molecule has 5 heterocycles. The van der Waals surface area contributed by atoms with E-state index in [9.17, 15) is 19.5 Å². The summed E-state index contributed by atoms with van der Waals surface area (Å²) in [5.41, 5.74) is 19.9. The molecular weight excluding hydrogens is 926 g/mol. The summed E-state index contributed by atoms with van der Waals surface area (Å²) >= 11 is 0. The van der Waals surface area contributed by atoms with Crippen molar-refractivity contribution in [3.8, 4) is 12.3 Å². The first-order chi connectivity index (χ1) is 33.3. The molecule has 390 valence electrons. The Balaban J connectivity index is 0.0000107. The van der Waals surface area contributed by atoms with Crippen LogP contribution in [-0.4, -0.2) is 183 Å². The molecule has 2 amide bonds. The molecule has 24 nitrogen and oxygen atoms in total. The lowest BCUT2D eigenvalue weighted by molar-refractivity contribution is -0.139. The van der Waals surface area contributed by atoms with Gasteiger partial charge in [-0.15, -0.1) is 29.0 Å². The van der Waals surface area contributed by atoms with Gasteiger partial charge in [0.25, 0.3) is 0 Å². The zero-order chi connectivity index (χ0) is 49.7. The number of aliphatic carboxylic acids is 1. The van der Waals surface area contributed by atoms with Crippen LogP contribution in [0.2, 0.25) is 0 Å². The van der Waals surface area contributed by atoms with Gasteiger partial charge in [0.15, 0.2) is 0 Å². The van der Waals surface area contributed by atoms with Crippen LogP contribution >= 0.6 is 12.4 Å². The Morgan fingerprint density at radius 1 is 0.771 bits per heavy atom. The molecule has 3 aromatic rings. The molecule has 2 saturated heterocycles. The number of aromatic nitrogens is 9. The average Bonchev–Trinajstić information content (AvgIpc) is 4.05. The summed E-state index contributed by atoms with van der Waals surface area (Å²) in [6.07, 6.45) is 12.2. The Kier molecular flexibility index (Phi) is 24.4. The Morgan fingerprint density at radius 3 is 1.83 bits per heavy atom. The van der Waals surface area contributed by atoms with Crippen LogP contribution in [0.3, 0.4) is 0 Å². The highest BCUT2D eigenvalue weighted by molar-refractivity contribution is 5.85. The smallest absolute Gasteiger partial charge is 0.303 e. The number of carboxylic acid groups (broad SMARTS) is 1. The Morgan fingerprint density at radius 2 is 1.30 bits per heavy atom. The van der Waals surface area contributed by atoms with Crippen molar-refractivity contribution in [1.82, 2.24) is 54.7 Å². The first-order valence-corrected chi connectivity index (χ1v) is 24.3. The molecule has 0 radical (unpaired) electrons. The summed E-state index contributed by atoms with van der Waals surface area (Å²) in [5, 5.41) is 30.0. The van der Waals surface area contributed by atoms with Crippen LogP contribution in [0.4, 0.5) is 17.8 Å². The number of carboxylic acids is 1. The van der Waals surface area contributed by atoms with Crippen LogP contribution in [-0.2, 0) is 28.6 Å². The van der Waals surface area contributed by atoms with Crippen LogP contribution in [0.1, 0.15) is 108 Å². The number of carbonyl (C=O) groups excluding carboxylic acids is 2. The molecule has 0 spiro atoms. The molecule has 0 aliphatic carbocycles. The van der Waals surface area contributed by atoms with Crippen LogP contribution in [0, 0.1) is 24.2 Å². The first-order valence-electron chi connectivity index (χ1n) is 24.3. The molecule has 70 heavy (non-hydrogen) atoms. The summed E-state index contributed by atoms with van der Waals surface area (Å²) in [5.74, 6) is 2.85. The quantitative estimate of drug-likeness (QED) is 0.0466. The molecule has 0 aromatic carbocycles. The summed E-state index contributed by atoms with van der Waals surface area (Å²) in [6, 6.07) is -2.06. The van der Waals surface area contributed by atoms with Crippen molar-refractivity contribution in [2.24, 2.45) is 29.0 Å². The van der Waals surface area contributed by atoms with E-state index < -0.39 is 18.1 Å². The molecule has 2 unspecified atom stereocenters. The minimum atomic E-state index is -1.01. The second-order valence-electron chi connectivity index (χ2n) is 17.9. The minimum Gasteiger partial charge on any atom is -0.481 e. The van der Waals surface area contributed by atoms with Crippen LogP contribution in [0.25, 0.3) is 0 Å². The molecule has 2 aliphatic heterocycles. The number of nitrogens with zero attached hydrogens (tertiary/aromatic N) is 13. The van der Waals surface area contributed by atoms with Gasteiger partial charge in [-0.2, -0.15) is 15.0 Å². The minimum absolute atomic E-state index is 0.